The molecule has 0 bridgehead atoms. The number of carbonyl (C=O) groups excluding carboxylic acids is 2. The maximum atomic E-state index is 12.2. The van der Waals surface area contributed by atoms with Gasteiger partial charge in [-0.25, -0.2) is 9.79 Å². The fourth-order valence-electron chi connectivity index (χ4n) is 3.31. The smallest absolute Gasteiger partial charge is 0.363 e. The van der Waals surface area contributed by atoms with Gasteiger partial charge in [0.15, 0.2) is 5.70 Å². The van der Waals surface area contributed by atoms with Crippen LogP contribution in [-0.4, -0.2) is 29.2 Å². The van der Waals surface area contributed by atoms with Crippen molar-refractivity contribution in [1.29, 1.82) is 0 Å². The average Bonchev–Trinajstić information content (AvgIpc) is 3.29. The molecule has 8 nitrogen and oxygen atoms in total. The third kappa shape index (κ3) is 3.64. The second-order valence-electron chi connectivity index (χ2n) is 6.83. The van der Waals surface area contributed by atoms with Crippen LogP contribution < -0.4 is 4.90 Å². The minimum absolute atomic E-state index is 0.0260. The second-order valence-corrected chi connectivity index (χ2v) is 6.83. The summed E-state index contributed by atoms with van der Waals surface area (Å²) >= 11 is 0. The number of amides is 1. The third-order valence-corrected chi connectivity index (χ3v) is 4.85. The Hall–Kier alpha value is -3.81. The highest BCUT2D eigenvalue weighted by molar-refractivity contribution is 6.13. The van der Waals surface area contributed by atoms with Gasteiger partial charge in [-0.2, -0.15) is 0 Å². The molecule has 2 aromatic rings. The monoisotopic (exact) mass is 391 g/mol. The van der Waals surface area contributed by atoms with Crippen molar-refractivity contribution >= 4 is 35.2 Å². The molecular weight excluding hydrogens is 374 g/mol. The summed E-state index contributed by atoms with van der Waals surface area (Å²) in [7, 11) is 0. The van der Waals surface area contributed by atoms with Crippen LogP contribution in [0.5, 0.6) is 0 Å². The minimum Gasteiger partial charge on any atom is -0.402 e. The molecule has 0 radical (unpaired) electrons. The summed E-state index contributed by atoms with van der Waals surface area (Å²) in [6.45, 7) is 2.35. The fourth-order valence-corrected chi connectivity index (χ4v) is 3.31. The number of hydrogen-bond acceptors (Lipinski definition) is 6. The van der Waals surface area contributed by atoms with Crippen molar-refractivity contribution in [1.82, 2.24) is 0 Å². The maximum Gasteiger partial charge on any atom is 0.363 e. The van der Waals surface area contributed by atoms with Crippen LogP contribution in [0.2, 0.25) is 0 Å². The summed E-state index contributed by atoms with van der Waals surface area (Å²) < 4.78 is 5.25. The van der Waals surface area contributed by atoms with Gasteiger partial charge in [-0.1, -0.05) is 12.1 Å². The molecule has 0 unspecified atom stereocenters. The predicted octanol–water partition coefficient (Wildman–Crippen LogP) is 3.37. The van der Waals surface area contributed by atoms with Crippen LogP contribution in [-0.2, 0) is 14.3 Å². The lowest BCUT2D eigenvalue weighted by Crippen LogP contribution is -2.23. The summed E-state index contributed by atoms with van der Waals surface area (Å²) in [5.74, 6) is -0.371. The normalized spacial score (nSPS) is 17.6. The van der Waals surface area contributed by atoms with Gasteiger partial charge in [0.05, 0.1) is 4.92 Å². The molecule has 1 saturated heterocycles. The number of nitrogens with zero attached hydrogens (tertiary/aromatic N) is 3. The summed E-state index contributed by atoms with van der Waals surface area (Å²) in [5, 5.41) is 11.1. The van der Waals surface area contributed by atoms with Gasteiger partial charge >= 0.3 is 5.97 Å². The Morgan fingerprint density at radius 2 is 1.93 bits per heavy atom. The summed E-state index contributed by atoms with van der Waals surface area (Å²) in [4.78, 5) is 40.6. The lowest BCUT2D eigenvalue weighted by molar-refractivity contribution is -0.385. The van der Waals surface area contributed by atoms with Crippen LogP contribution in [0, 0.1) is 17.0 Å². The van der Waals surface area contributed by atoms with E-state index < -0.39 is 10.9 Å². The number of anilines is 1. The highest BCUT2D eigenvalue weighted by Gasteiger charge is 2.26. The molecular formula is C21H17N3O5. The summed E-state index contributed by atoms with van der Waals surface area (Å²) in [5.41, 5.74) is 2.46. The number of hydrogen-bond donors (Lipinski definition) is 0. The Kier molecular flexibility index (Phi) is 4.67. The molecule has 29 heavy (non-hydrogen) atoms. The van der Waals surface area contributed by atoms with Gasteiger partial charge in [0, 0.05) is 35.8 Å². The second kappa shape index (κ2) is 7.31. The van der Waals surface area contributed by atoms with E-state index in [-0.39, 0.29) is 23.2 Å². The first-order valence-electron chi connectivity index (χ1n) is 9.11. The zero-order valence-electron chi connectivity index (χ0n) is 15.6. The number of esters is 1. The Bertz CT molecular complexity index is 1090. The number of carbonyl (C=O) groups is 2. The standard InChI is InChI=1S/C21H17N3O5/c1-13-4-5-14(12-18(13)24(27)28)11-17-21(26)29-20(22-17)15-6-8-16(9-7-15)23-10-2-3-19(23)25/h4-9,11-12H,2-3,10H2,1H3/b17-11-. The molecule has 0 spiro atoms. The summed E-state index contributed by atoms with van der Waals surface area (Å²) in [6.07, 6.45) is 2.85. The van der Waals surface area contributed by atoms with E-state index in [0.717, 1.165) is 12.1 Å². The SMILES string of the molecule is Cc1ccc(/C=C2\N=C(c3ccc(N4CCCC4=O)cc3)OC2=O)cc1[N+](=O)[O-]. The van der Waals surface area contributed by atoms with Crippen LogP contribution in [0.3, 0.4) is 0 Å². The van der Waals surface area contributed by atoms with E-state index in [9.17, 15) is 19.7 Å². The van der Waals surface area contributed by atoms with Crippen LogP contribution in [0.15, 0.2) is 53.2 Å². The Morgan fingerprint density at radius 1 is 1.17 bits per heavy atom. The van der Waals surface area contributed by atoms with E-state index in [0.29, 0.717) is 29.7 Å². The van der Waals surface area contributed by atoms with Crippen molar-refractivity contribution in [2.24, 2.45) is 4.99 Å². The fraction of sp³-hybridized carbons (Fsp3) is 0.190. The van der Waals surface area contributed by atoms with Gasteiger partial charge in [-0.15, -0.1) is 0 Å². The van der Waals surface area contributed by atoms with Gasteiger partial charge in [0.2, 0.25) is 11.8 Å². The van der Waals surface area contributed by atoms with Gasteiger partial charge in [0.1, 0.15) is 0 Å². The van der Waals surface area contributed by atoms with E-state index in [4.69, 9.17) is 4.74 Å². The number of benzene rings is 2. The minimum atomic E-state index is -0.623. The molecule has 1 fully saturated rings. The van der Waals surface area contributed by atoms with Crippen LogP contribution in [0.1, 0.15) is 29.5 Å². The molecule has 2 heterocycles. The quantitative estimate of drug-likeness (QED) is 0.344. The molecule has 8 heteroatoms. The van der Waals surface area contributed by atoms with E-state index in [2.05, 4.69) is 4.99 Å². The molecule has 0 aliphatic carbocycles. The molecule has 4 rings (SSSR count). The van der Waals surface area contributed by atoms with Crippen LogP contribution in [0.25, 0.3) is 6.08 Å². The predicted molar refractivity (Wildman–Crippen MR) is 106 cm³/mol. The highest BCUT2D eigenvalue weighted by Crippen LogP contribution is 2.25. The van der Waals surface area contributed by atoms with E-state index >= 15 is 0 Å². The Morgan fingerprint density at radius 3 is 2.59 bits per heavy atom. The van der Waals surface area contributed by atoms with Crippen molar-refractivity contribution in [3.8, 4) is 0 Å². The maximum absolute atomic E-state index is 12.2. The Balaban J connectivity index is 1.59. The van der Waals surface area contributed by atoms with E-state index in [1.165, 1.54) is 12.1 Å². The molecule has 0 atom stereocenters. The van der Waals surface area contributed by atoms with E-state index in [1.807, 2.05) is 0 Å². The van der Waals surface area contributed by atoms with Crippen molar-refractivity contribution in [2.75, 3.05) is 11.4 Å². The molecule has 2 aromatic carbocycles. The first-order chi connectivity index (χ1) is 13.9. The van der Waals surface area contributed by atoms with E-state index in [1.54, 1.807) is 48.2 Å². The average molecular weight is 391 g/mol. The third-order valence-electron chi connectivity index (χ3n) is 4.85. The van der Waals surface area contributed by atoms with Crippen molar-refractivity contribution < 1.29 is 19.2 Å². The number of nitro benzene ring substituents is 1. The highest BCUT2D eigenvalue weighted by atomic mass is 16.6. The number of ether oxygens (including phenoxy) is 1. The van der Waals surface area contributed by atoms with Crippen molar-refractivity contribution in [3.63, 3.8) is 0 Å². The Labute approximate surface area is 166 Å². The van der Waals surface area contributed by atoms with Gasteiger partial charge in [-0.3, -0.25) is 14.9 Å². The van der Waals surface area contributed by atoms with Gasteiger partial charge in [0.25, 0.3) is 5.69 Å². The van der Waals surface area contributed by atoms with Crippen LogP contribution in [0.4, 0.5) is 11.4 Å². The van der Waals surface area contributed by atoms with Crippen molar-refractivity contribution in [2.45, 2.75) is 19.8 Å². The lowest BCUT2D eigenvalue weighted by atomic mass is 10.1. The molecule has 1 amide bonds. The van der Waals surface area contributed by atoms with Crippen molar-refractivity contribution in [3.05, 3.63) is 75.0 Å². The number of nitro groups is 1. The number of rotatable bonds is 4. The molecule has 0 aromatic heterocycles. The molecule has 2 aliphatic rings. The molecule has 146 valence electrons. The zero-order valence-corrected chi connectivity index (χ0v) is 15.6. The lowest BCUT2D eigenvalue weighted by Gasteiger charge is -2.15. The largest absolute Gasteiger partial charge is 0.402 e. The van der Waals surface area contributed by atoms with Crippen LogP contribution >= 0.6 is 0 Å². The number of cyclic esters (lactones) is 1. The number of aryl methyl sites for hydroxylation is 1. The first-order valence-corrected chi connectivity index (χ1v) is 9.11. The first kappa shape index (κ1) is 18.5. The topological polar surface area (TPSA) is 102 Å². The zero-order chi connectivity index (χ0) is 20.5. The molecule has 0 N–H and O–H groups in total. The number of aliphatic imine (C=N–C) groups is 1. The van der Waals surface area contributed by atoms with Gasteiger partial charge < -0.3 is 9.64 Å². The summed E-state index contributed by atoms with van der Waals surface area (Å²) in [6, 6.07) is 11.8. The molecule has 2 aliphatic heterocycles. The molecule has 0 saturated carbocycles. The van der Waals surface area contributed by atoms with Gasteiger partial charge in [-0.05, 0) is 49.2 Å².